The Hall–Kier alpha value is -1.16. The SMILES string of the molecule is CCNCc1cc(F)c(N(CC)C2CC2)c(F)c1. The van der Waals surface area contributed by atoms with E-state index >= 15 is 0 Å². The van der Waals surface area contributed by atoms with Crippen molar-refractivity contribution < 1.29 is 8.78 Å². The van der Waals surface area contributed by atoms with Crippen LogP contribution in [0.3, 0.4) is 0 Å². The fraction of sp³-hybridized carbons (Fsp3) is 0.571. The van der Waals surface area contributed by atoms with Gasteiger partial charge >= 0.3 is 0 Å². The van der Waals surface area contributed by atoms with Gasteiger partial charge in [-0.05, 0) is 44.0 Å². The van der Waals surface area contributed by atoms with Gasteiger partial charge in [-0.3, -0.25) is 0 Å². The van der Waals surface area contributed by atoms with E-state index in [0.29, 0.717) is 24.7 Å². The molecule has 0 bridgehead atoms. The summed E-state index contributed by atoms with van der Waals surface area (Å²) >= 11 is 0. The molecular weight excluding hydrogens is 234 g/mol. The molecule has 0 amide bonds. The van der Waals surface area contributed by atoms with Crippen LogP contribution in [0.1, 0.15) is 32.3 Å². The minimum absolute atomic E-state index is 0.139. The van der Waals surface area contributed by atoms with E-state index in [2.05, 4.69) is 5.32 Å². The molecule has 2 rings (SSSR count). The maximum atomic E-state index is 14.1. The third-order valence-corrected chi connectivity index (χ3v) is 3.27. The summed E-state index contributed by atoms with van der Waals surface area (Å²) in [5.74, 6) is -0.895. The molecule has 1 N–H and O–H groups in total. The Morgan fingerprint density at radius 3 is 2.28 bits per heavy atom. The summed E-state index contributed by atoms with van der Waals surface area (Å²) in [6.07, 6.45) is 2.07. The molecule has 1 aliphatic carbocycles. The first kappa shape index (κ1) is 13.3. The van der Waals surface area contributed by atoms with E-state index in [1.54, 1.807) is 0 Å². The van der Waals surface area contributed by atoms with Crippen LogP contribution in [0.4, 0.5) is 14.5 Å². The number of nitrogens with one attached hydrogen (secondary N) is 1. The number of halogens is 2. The lowest BCUT2D eigenvalue weighted by Crippen LogP contribution is -2.27. The van der Waals surface area contributed by atoms with Crippen LogP contribution < -0.4 is 10.2 Å². The number of hydrogen-bond donors (Lipinski definition) is 1. The number of anilines is 1. The minimum Gasteiger partial charge on any atom is -0.364 e. The molecule has 1 aromatic carbocycles. The van der Waals surface area contributed by atoms with E-state index in [1.807, 2.05) is 18.7 Å². The molecule has 1 fully saturated rings. The van der Waals surface area contributed by atoms with Gasteiger partial charge < -0.3 is 10.2 Å². The average Bonchev–Trinajstić information content (AvgIpc) is 3.15. The molecule has 1 saturated carbocycles. The van der Waals surface area contributed by atoms with Crippen LogP contribution in [0.5, 0.6) is 0 Å². The van der Waals surface area contributed by atoms with Gasteiger partial charge in [0.05, 0.1) is 0 Å². The molecule has 1 aromatic rings. The Kier molecular flexibility index (Phi) is 4.17. The summed E-state index contributed by atoms with van der Waals surface area (Å²) in [5, 5.41) is 3.07. The molecule has 0 heterocycles. The molecule has 4 heteroatoms. The first-order chi connectivity index (χ1) is 8.67. The van der Waals surface area contributed by atoms with E-state index < -0.39 is 11.6 Å². The Morgan fingerprint density at radius 1 is 1.22 bits per heavy atom. The Morgan fingerprint density at radius 2 is 1.83 bits per heavy atom. The van der Waals surface area contributed by atoms with Gasteiger partial charge in [0, 0.05) is 19.1 Å². The zero-order chi connectivity index (χ0) is 13.1. The highest BCUT2D eigenvalue weighted by molar-refractivity contribution is 5.52. The predicted molar refractivity (Wildman–Crippen MR) is 69.8 cm³/mol. The van der Waals surface area contributed by atoms with E-state index in [-0.39, 0.29) is 5.69 Å². The number of nitrogens with zero attached hydrogens (tertiary/aromatic N) is 1. The van der Waals surface area contributed by atoms with Crippen molar-refractivity contribution in [2.75, 3.05) is 18.0 Å². The van der Waals surface area contributed by atoms with Gasteiger partial charge in [-0.1, -0.05) is 6.92 Å². The van der Waals surface area contributed by atoms with Gasteiger partial charge in [0.25, 0.3) is 0 Å². The standard InChI is InChI=1S/C14H20F2N2/c1-3-17-9-10-7-12(15)14(13(16)8-10)18(4-2)11-5-6-11/h7-8,11,17H,3-6,9H2,1-2H3. The number of hydrogen-bond acceptors (Lipinski definition) is 2. The van der Waals surface area contributed by atoms with Crippen molar-refractivity contribution in [3.8, 4) is 0 Å². The fourth-order valence-corrected chi connectivity index (χ4v) is 2.25. The lowest BCUT2D eigenvalue weighted by Gasteiger charge is -2.24. The van der Waals surface area contributed by atoms with E-state index in [4.69, 9.17) is 0 Å². The van der Waals surface area contributed by atoms with E-state index in [9.17, 15) is 8.78 Å². The molecule has 2 nitrogen and oxygen atoms in total. The zero-order valence-electron chi connectivity index (χ0n) is 11.0. The third kappa shape index (κ3) is 2.80. The molecule has 0 saturated heterocycles. The first-order valence-corrected chi connectivity index (χ1v) is 6.62. The number of rotatable bonds is 6. The summed E-state index contributed by atoms with van der Waals surface area (Å²) in [6.45, 7) is 5.83. The average molecular weight is 254 g/mol. The smallest absolute Gasteiger partial charge is 0.149 e. The Balaban J connectivity index is 2.25. The zero-order valence-corrected chi connectivity index (χ0v) is 11.0. The van der Waals surface area contributed by atoms with Gasteiger partial charge in [-0.15, -0.1) is 0 Å². The van der Waals surface area contributed by atoms with Crippen LogP contribution in [0.15, 0.2) is 12.1 Å². The first-order valence-electron chi connectivity index (χ1n) is 6.62. The van der Waals surface area contributed by atoms with Gasteiger partial charge in [0.15, 0.2) is 0 Å². The molecule has 0 radical (unpaired) electrons. The van der Waals surface area contributed by atoms with Crippen molar-refractivity contribution >= 4 is 5.69 Å². The monoisotopic (exact) mass is 254 g/mol. The van der Waals surface area contributed by atoms with Crippen LogP contribution >= 0.6 is 0 Å². The second-order valence-electron chi connectivity index (χ2n) is 4.71. The van der Waals surface area contributed by atoms with Crippen LogP contribution in [0.25, 0.3) is 0 Å². The second-order valence-corrected chi connectivity index (χ2v) is 4.71. The minimum atomic E-state index is -0.448. The molecular formula is C14H20F2N2. The highest BCUT2D eigenvalue weighted by atomic mass is 19.1. The predicted octanol–water partition coefficient (Wildman–Crippen LogP) is 3.06. The maximum Gasteiger partial charge on any atom is 0.149 e. The van der Waals surface area contributed by atoms with Gasteiger partial charge in [-0.2, -0.15) is 0 Å². The highest BCUT2D eigenvalue weighted by Gasteiger charge is 2.31. The molecule has 0 spiro atoms. The van der Waals surface area contributed by atoms with Gasteiger partial charge in [0.2, 0.25) is 0 Å². The summed E-state index contributed by atoms with van der Waals surface area (Å²) in [7, 11) is 0. The van der Waals surface area contributed by atoms with Crippen LogP contribution in [0.2, 0.25) is 0 Å². The van der Waals surface area contributed by atoms with Crippen LogP contribution in [-0.2, 0) is 6.54 Å². The second kappa shape index (κ2) is 5.65. The summed E-state index contributed by atoms with van der Waals surface area (Å²) < 4.78 is 28.1. The molecule has 0 aliphatic heterocycles. The molecule has 0 aromatic heterocycles. The Bertz CT molecular complexity index is 393. The lowest BCUT2D eigenvalue weighted by atomic mass is 10.1. The highest BCUT2D eigenvalue weighted by Crippen LogP contribution is 2.34. The van der Waals surface area contributed by atoms with Crippen molar-refractivity contribution in [1.82, 2.24) is 5.32 Å². The molecule has 0 unspecified atom stereocenters. The normalized spacial score (nSPS) is 14.9. The van der Waals surface area contributed by atoms with E-state index in [1.165, 1.54) is 12.1 Å². The van der Waals surface area contributed by atoms with Gasteiger partial charge in [-0.25, -0.2) is 8.78 Å². The topological polar surface area (TPSA) is 15.3 Å². The molecule has 18 heavy (non-hydrogen) atoms. The van der Waals surface area contributed by atoms with Gasteiger partial charge in [0.1, 0.15) is 17.3 Å². The van der Waals surface area contributed by atoms with Crippen molar-refractivity contribution in [3.63, 3.8) is 0 Å². The summed E-state index contributed by atoms with van der Waals surface area (Å²) in [6, 6.07) is 3.19. The molecule has 1 aliphatic rings. The fourth-order valence-electron chi connectivity index (χ4n) is 2.25. The van der Waals surface area contributed by atoms with Crippen molar-refractivity contribution in [1.29, 1.82) is 0 Å². The van der Waals surface area contributed by atoms with Crippen molar-refractivity contribution in [2.24, 2.45) is 0 Å². The van der Waals surface area contributed by atoms with Crippen molar-refractivity contribution in [2.45, 2.75) is 39.3 Å². The summed E-state index contributed by atoms with van der Waals surface area (Å²) in [5.41, 5.74) is 0.794. The lowest BCUT2D eigenvalue weighted by molar-refractivity contribution is 0.565. The Labute approximate surface area is 107 Å². The van der Waals surface area contributed by atoms with Crippen molar-refractivity contribution in [3.05, 3.63) is 29.3 Å². The summed E-state index contributed by atoms with van der Waals surface area (Å²) in [4.78, 5) is 1.84. The third-order valence-electron chi connectivity index (χ3n) is 3.27. The van der Waals surface area contributed by atoms with E-state index in [0.717, 1.165) is 19.4 Å². The maximum absolute atomic E-state index is 14.1. The largest absolute Gasteiger partial charge is 0.364 e. The van der Waals surface area contributed by atoms with Crippen LogP contribution in [0, 0.1) is 11.6 Å². The van der Waals surface area contributed by atoms with Crippen LogP contribution in [-0.4, -0.2) is 19.1 Å². The molecule has 0 atom stereocenters. The number of benzene rings is 1. The molecule has 100 valence electrons. The quantitative estimate of drug-likeness (QED) is 0.839.